The van der Waals surface area contributed by atoms with Crippen molar-refractivity contribution >= 4 is 82.4 Å². The number of hydrogen-bond acceptors (Lipinski definition) is 2. The first-order valence-corrected chi connectivity index (χ1v) is 20.2. The van der Waals surface area contributed by atoms with Crippen LogP contribution in [0.15, 0.2) is 223 Å². The molecular weight excluding hydrogens is 717 g/mol. The van der Waals surface area contributed by atoms with Crippen LogP contribution in [0.3, 0.4) is 0 Å². The van der Waals surface area contributed by atoms with Gasteiger partial charge in [-0.25, -0.2) is 0 Å². The summed E-state index contributed by atoms with van der Waals surface area (Å²) >= 11 is 0. The predicted octanol–water partition coefficient (Wildman–Crippen LogP) is 15.8. The topological polar surface area (TPSA) is 21.3 Å². The van der Waals surface area contributed by atoms with Crippen molar-refractivity contribution in [2.45, 2.75) is 0 Å². The molecule has 10 aromatic carbocycles. The van der Waals surface area contributed by atoms with Crippen molar-refractivity contribution in [3.8, 4) is 27.9 Å². The van der Waals surface area contributed by atoms with Gasteiger partial charge in [-0.1, -0.05) is 164 Å². The van der Waals surface area contributed by atoms with Crippen LogP contribution in [-0.2, 0) is 0 Å². The summed E-state index contributed by atoms with van der Waals surface area (Å²) in [6.07, 6.45) is 0. The molecule has 0 saturated carbocycles. The molecule has 0 amide bonds. The Bertz CT molecular complexity index is 3520. The van der Waals surface area contributed by atoms with Crippen LogP contribution in [0, 0.1) is 0 Å². The Morgan fingerprint density at radius 2 is 0.898 bits per heavy atom. The van der Waals surface area contributed by atoms with Gasteiger partial charge in [-0.3, -0.25) is 0 Å². The van der Waals surface area contributed by atoms with Gasteiger partial charge in [0, 0.05) is 43.7 Å². The minimum Gasteiger partial charge on any atom is -0.456 e. The van der Waals surface area contributed by atoms with Crippen LogP contribution >= 0.6 is 0 Å². The number of aromatic nitrogens is 1. The molecule has 12 rings (SSSR count). The van der Waals surface area contributed by atoms with E-state index in [1.807, 2.05) is 6.07 Å². The molecule has 0 aliphatic carbocycles. The molecule has 0 aliphatic rings. The third kappa shape index (κ3) is 5.22. The molecular formula is C56H36N2O. The molecule has 0 aliphatic heterocycles. The summed E-state index contributed by atoms with van der Waals surface area (Å²) in [6, 6.07) is 78.8. The van der Waals surface area contributed by atoms with Gasteiger partial charge in [0.2, 0.25) is 0 Å². The van der Waals surface area contributed by atoms with E-state index in [1.54, 1.807) is 0 Å². The van der Waals surface area contributed by atoms with Gasteiger partial charge in [0.1, 0.15) is 11.2 Å². The Labute approximate surface area is 341 Å². The van der Waals surface area contributed by atoms with Crippen molar-refractivity contribution in [1.29, 1.82) is 0 Å². The number of rotatable bonds is 6. The number of para-hydroxylation sites is 5. The lowest BCUT2D eigenvalue weighted by atomic mass is 9.95. The van der Waals surface area contributed by atoms with E-state index in [9.17, 15) is 0 Å². The number of fused-ring (bicyclic) bond motifs is 9. The first kappa shape index (κ1) is 33.3. The molecule has 0 saturated heterocycles. The Balaban J connectivity index is 1.09. The van der Waals surface area contributed by atoms with E-state index >= 15 is 0 Å². The maximum atomic E-state index is 6.41. The minimum absolute atomic E-state index is 0.882. The average molecular weight is 753 g/mol. The highest BCUT2D eigenvalue weighted by molar-refractivity contribution is 6.17. The van der Waals surface area contributed by atoms with E-state index < -0.39 is 0 Å². The number of hydrogen-bond donors (Lipinski definition) is 0. The van der Waals surface area contributed by atoms with E-state index in [4.69, 9.17) is 4.42 Å². The van der Waals surface area contributed by atoms with Crippen molar-refractivity contribution in [3.63, 3.8) is 0 Å². The van der Waals surface area contributed by atoms with Crippen LogP contribution in [0.1, 0.15) is 0 Å². The second kappa shape index (κ2) is 13.4. The summed E-state index contributed by atoms with van der Waals surface area (Å²) in [5.74, 6) is 0. The van der Waals surface area contributed by atoms with Crippen molar-refractivity contribution in [3.05, 3.63) is 218 Å². The zero-order valence-electron chi connectivity index (χ0n) is 32.1. The fourth-order valence-electron chi connectivity index (χ4n) is 9.41. The van der Waals surface area contributed by atoms with Crippen LogP contribution in [0.25, 0.3) is 93.2 Å². The number of nitrogens with zero attached hydrogens (tertiary/aromatic N) is 2. The Kier molecular flexibility index (Phi) is 7.54. The van der Waals surface area contributed by atoms with E-state index in [-0.39, 0.29) is 0 Å². The molecule has 2 heterocycles. The molecule has 0 N–H and O–H groups in total. The Morgan fingerprint density at radius 3 is 1.71 bits per heavy atom. The second-order valence-electron chi connectivity index (χ2n) is 15.2. The molecule has 0 radical (unpaired) electrons. The molecule has 12 aromatic rings. The molecule has 0 fully saturated rings. The first-order chi connectivity index (χ1) is 29.3. The summed E-state index contributed by atoms with van der Waals surface area (Å²) < 4.78 is 8.83. The fourth-order valence-corrected chi connectivity index (χ4v) is 9.41. The van der Waals surface area contributed by atoms with Crippen molar-refractivity contribution in [2.75, 3.05) is 4.90 Å². The number of benzene rings is 10. The molecule has 0 bridgehead atoms. The SMILES string of the molecule is c1ccc(N(c2ccc(-c3ccccc3-n3c4ccccc4c4ccccc43)cc2)c2cccc3ccc4ccccc4c23)c(-c2cccc3oc4ccccc4c23)c1. The Morgan fingerprint density at radius 1 is 0.339 bits per heavy atom. The van der Waals surface area contributed by atoms with Crippen LogP contribution in [0.2, 0.25) is 0 Å². The highest BCUT2D eigenvalue weighted by Gasteiger charge is 2.23. The molecule has 2 aromatic heterocycles. The maximum Gasteiger partial charge on any atom is 0.136 e. The molecule has 0 spiro atoms. The smallest absolute Gasteiger partial charge is 0.136 e. The number of anilines is 3. The lowest BCUT2D eigenvalue weighted by Gasteiger charge is -2.30. The van der Waals surface area contributed by atoms with Crippen LogP contribution in [0.4, 0.5) is 17.1 Å². The highest BCUT2D eigenvalue weighted by atomic mass is 16.3. The second-order valence-corrected chi connectivity index (χ2v) is 15.2. The summed E-state index contributed by atoms with van der Waals surface area (Å²) in [5.41, 5.74) is 13.2. The third-order valence-corrected chi connectivity index (χ3v) is 12.0. The van der Waals surface area contributed by atoms with Crippen molar-refractivity contribution < 1.29 is 4.42 Å². The van der Waals surface area contributed by atoms with Gasteiger partial charge in [-0.05, 0) is 81.9 Å². The van der Waals surface area contributed by atoms with E-state index in [2.05, 4.69) is 222 Å². The van der Waals surface area contributed by atoms with Crippen molar-refractivity contribution in [2.24, 2.45) is 0 Å². The van der Waals surface area contributed by atoms with Gasteiger partial charge in [-0.2, -0.15) is 0 Å². The molecule has 0 atom stereocenters. The molecule has 59 heavy (non-hydrogen) atoms. The van der Waals surface area contributed by atoms with Crippen LogP contribution in [-0.4, -0.2) is 4.57 Å². The van der Waals surface area contributed by atoms with E-state index in [0.29, 0.717) is 0 Å². The normalized spacial score (nSPS) is 11.7. The zero-order valence-corrected chi connectivity index (χ0v) is 32.1. The van der Waals surface area contributed by atoms with Gasteiger partial charge in [0.15, 0.2) is 0 Å². The van der Waals surface area contributed by atoms with Crippen LogP contribution in [0.5, 0.6) is 0 Å². The zero-order chi connectivity index (χ0) is 38.9. The summed E-state index contributed by atoms with van der Waals surface area (Å²) in [7, 11) is 0. The summed E-state index contributed by atoms with van der Waals surface area (Å²) in [5, 5.41) is 9.60. The van der Waals surface area contributed by atoms with Gasteiger partial charge in [-0.15, -0.1) is 0 Å². The monoisotopic (exact) mass is 752 g/mol. The van der Waals surface area contributed by atoms with Crippen molar-refractivity contribution in [1.82, 2.24) is 4.57 Å². The van der Waals surface area contributed by atoms with Gasteiger partial charge < -0.3 is 13.9 Å². The van der Waals surface area contributed by atoms with E-state index in [0.717, 1.165) is 61.4 Å². The fraction of sp³-hybridized carbons (Fsp3) is 0. The third-order valence-electron chi connectivity index (χ3n) is 12.0. The molecule has 276 valence electrons. The van der Waals surface area contributed by atoms with Gasteiger partial charge in [0.25, 0.3) is 0 Å². The summed E-state index contributed by atoms with van der Waals surface area (Å²) in [6.45, 7) is 0. The molecule has 3 nitrogen and oxygen atoms in total. The largest absolute Gasteiger partial charge is 0.456 e. The minimum atomic E-state index is 0.882. The quantitative estimate of drug-likeness (QED) is 0.158. The summed E-state index contributed by atoms with van der Waals surface area (Å²) in [4.78, 5) is 2.45. The molecule has 0 unspecified atom stereocenters. The standard InChI is InChI=1S/C56H36N2O/c1-2-18-42-37(15-1)31-32-39-16-13-28-52(55(39)42)57(49-25-9-6-21-45(49)46-23-14-30-54-56(46)47-22-7-12-29-53(47)59-54)40-35-33-38(34-36-40)41-17-3-8-24-48(41)58-50-26-10-4-19-43(50)44-20-5-11-27-51(44)58/h1-36H. The lowest BCUT2D eigenvalue weighted by Crippen LogP contribution is -2.12. The maximum absolute atomic E-state index is 6.41. The average Bonchev–Trinajstić information content (AvgIpc) is 3.86. The van der Waals surface area contributed by atoms with E-state index in [1.165, 1.54) is 48.9 Å². The van der Waals surface area contributed by atoms with Gasteiger partial charge in [0.05, 0.1) is 28.1 Å². The highest BCUT2D eigenvalue weighted by Crippen LogP contribution is 2.48. The predicted molar refractivity (Wildman–Crippen MR) is 249 cm³/mol. The molecule has 3 heteroatoms. The van der Waals surface area contributed by atoms with Gasteiger partial charge >= 0.3 is 0 Å². The number of furan rings is 1. The lowest BCUT2D eigenvalue weighted by molar-refractivity contribution is 0.669. The first-order valence-electron chi connectivity index (χ1n) is 20.2. The Hall–Kier alpha value is -7.88. The van der Waals surface area contributed by atoms with Crippen LogP contribution < -0.4 is 4.90 Å².